The lowest BCUT2D eigenvalue weighted by Gasteiger charge is -2.32. The third-order valence-corrected chi connectivity index (χ3v) is 6.60. The van der Waals surface area contributed by atoms with Crippen LogP contribution in [0.5, 0.6) is 0 Å². The van der Waals surface area contributed by atoms with Crippen LogP contribution in [0.3, 0.4) is 0 Å². The van der Waals surface area contributed by atoms with E-state index in [-0.39, 0.29) is 17.2 Å². The molecular weight excluding hydrogens is 328 g/mol. The lowest BCUT2D eigenvalue weighted by Crippen LogP contribution is -2.52. The van der Waals surface area contributed by atoms with Crippen molar-refractivity contribution in [2.75, 3.05) is 0 Å². The summed E-state index contributed by atoms with van der Waals surface area (Å²) in [4.78, 5) is 20.1. The minimum atomic E-state index is -3.85. The normalized spacial score (nSPS) is 18.7. The summed E-state index contributed by atoms with van der Waals surface area (Å²) in [6.07, 6.45) is 3.01. The second-order valence-corrected chi connectivity index (χ2v) is 7.69. The number of sulfonamides is 1. The first kappa shape index (κ1) is 15.0. The molecule has 2 N–H and O–H groups in total. The summed E-state index contributed by atoms with van der Waals surface area (Å²) >= 11 is 1.07. The monoisotopic (exact) mass is 340 g/mol. The summed E-state index contributed by atoms with van der Waals surface area (Å²) in [6, 6.07) is 2.03. The first-order valence-corrected chi connectivity index (χ1v) is 8.64. The molecule has 2 aromatic heterocycles. The van der Waals surface area contributed by atoms with Gasteiger partial charge in [0, 0.05) is 18.8 Å². The van der Waals surface area contributed by atoms with Crippen LogP contribution >= 0.6 is 11.3 Å². The van der Waals surface area contributed by atoms with Gasteiger partial charge in [0.25, 0.3) is 15.9 Å². The van der Waals surface area contributed by atoms with Gasteiger partial charge in [-0.05, 0) is 11.4 Å². The van der Waals surface area contributed by atoms with Crippen LogP contribution in [0.15, 0.2) is 34.1 Å². The quantitative estimate of drug-likeness (QED) is 0.608. The second kappa shape index (κ2) is 5.72. The topological polar surface area (TPSA) is 112 Å². The van der Waals surface area contributed by atoms with Gasteiger partial charge in [0.15, 0.2) is 0 Å². The highest BCUT2D eigenvalue weighted by molar-refractivity contribution is 7.91. The molecule has 0 fully saturated rings. The standard InChI is InChI=1S/C12H12N4O4S2/c17-12(15-18)10-6-8-9(14-4-3-13-8)7-16(10)22(19,20)11-2-1-5-21-11/h1-5,10,18H,6-7H2,(H,15,17). The van der Waals surface area contributed by atoms with E-state index >= 15 is 0 Å². The molecule has 0 aliphatic carbocycles. The van der Waals surface area contributed by atoms with E-state index in [2.05, 4.69) is 9.97 Å². The van der Waals surface area contributed by atoms with Crippen molar-refractivity contribution >= 4 is 27.3 Å². The van der Waals surface area contributed by atoms with Crippen LogP contribution in [0, 0.1) is 0 Å². The van der Waals surface area contributed by atoms with Crippen LogP contribution in [-0.2, 0) is 27.8 Å². The van der Waals surface area contributed by atoms with Crippen molar-refractivity contribution in [2.24, 2.45) is 0 Å². The molecule has 3 heterocycles. The Hall–Kier alpha value is -1.88. The van der Waals surface area contributed by atoms with Gasteiger partial charge in [0.1, 0.15) is 10.3 Å². The number of rotatable bonds is 3. The van der Waals surface area contributed by atoms with Crippen molar-refractivity contribution in [1.29, 1.82) is 0 Å². The second-order valence-electron chi connectivity index (χ2n) is 4.63. The molecule has 0 saturated carbocycles. The Morgan fingerprint density at radius 3 is 2.73 bits per heavy atom. The van der Waals surface area contributed by atoms with E-state index in [1.54, 1.807) is 11.4 Å². The summed E-state index contributed by atoms with van der Waals surface area (Å²) in [5.41, 5.74) is 2.58. The van der Waals surface area contributed by atoms with Gasteiger partial charge in [-0.15, -0.1) is 11.3 Å². The molecule has 1 aliphatic heterocycles. The number of nitrogens with zero attached hydrogens (tertiary/aromatic N) is 3. The fourth-order valence-electron chi connectivity index (χ4n) is 2.32. The van der Waals surface area contributed by atoms with E-state index in [1.165, 1.54) is 23.9 Å². The molecule has 0 radical (unpaired) electrons. The van der Waals surface area contributed by atoms with E-state index in [0.29, 0.717) is 11.4 Å². The average molecular weight is 340 g/mol. The largest absolute Gasteiger partial charge is 0.289 e. The highest BCUT2D eigenvalue weighted by atomic mass is 32.2. The third kappa shape index (κ3) is 2.50. The smallest absolute Gasteiger partial charge is 0.262 e. The van der Waals surface area contributed by atoms with Gasteiger partial charge in [-0.2, -0.15) is 4.31 Å². The molecule has 1 aliphatic rings. The fourth-order valence-corrected chi connectivity index (χ4v) is 4.99. The van der Waals surface area contributed by atoms with Gasteiger partial charge in [-0.1, -0.05) is 6.07 Å². The van der Waals surface area contributed by atoms with Crippen molar-refractivity contribution in [3.8, 4) is 0 Å². The Balaban J connectivity index is 2.06. The van der Waals surface area contributed by atoms with Crippen molar-refractivity contribution < 1.29 is 18.4 Å². The number of carbonyl (C=O) groups is 1. The zero-order chi connectivity index (χ0) is 15.7. The van der Waals surface area contributed by atoms with Crippen LogP contribution in [0.4, 0.5) is 0 Å². The molecule has 0 aromatic carbocycles. The number of hydrogen-bond donors (Lipinski definition) is 2. The molecule has 3 rings (SSSR count). The number of nitrogens with one attached hydrogen (secondary N) is 1. The van der Waals surface area contributed by atoms with Crippen LogP contribution in [0.1, 0.15) is 11.4 Å². The maximum Gasteiger partial charge on any atom is 0.262 e. The Kier molecular flexibility index (Phi) is 3.91. The highest BCUT2D eigenvalue weighted by Crippen LogP contribution is 2.29. The molecule has 116 valence electrons. The van der Waals surface area contributed by atoms with Gasteiger partial charge in [0.05, 0.1) is 17.9 Å². The van der Waals surface area contributed by atoms with E-state index < -0.39 is 22.0 Å². The maximum atomic E-state index is 12.7. The van der Waals surface area contributed by atoms with Crippen molar-refractivity contribution in [1.82, 2.24) is 19.8 Å². The number of thiophene rings is 1. The highest BCUT2D eigenvalue weighted by Gasteiger charge is 2.41. The van der Waals surface area contributed by atoms with Crippen LogP contribution < -0.4 is 5.48 Å². The third-order valence-electron chi connectivity index (χ3n) is 3.37. The minimum absolute atomic E-state index is 0.0557. The Labute approximate surface area is 130 Å². The molecule has 1 unspecified atom stereocenters. The van der Waals surface area contributed by atoms with Gasteiger partial charge in [-0.3, -0.25) is 20.0 Å². The van der Waals surface area contributed by atoms with E-state index in [1.807, 2.05) is 0 Å². The lowest BCUT2D eigenvalue weighted by molar-refractivity contribution is -0.133. The number of aromatic nitrogens is 2. The number of carbonyl (C=O) groups excluding carboxylic acids is 1. The van der Waals surface area contributed by atoms with E-state index in [9.17, 15) is 13.2 Å². The molecule has 0 spiro atoms. The number of hydrogen-bond acceptors (Lipinski definition) is 7. The van der Waals surface area contributed by atoms with Crippen molar-refractivity contribution in [3.63, 3.8) is 0 Å². The fraction of sp³-hybridized carbons (Fsp3) is 0.250. The number of fused-ring (bicyclic) bond motifs is 1. The Morgan fingerprint density at radius 1 is 1.36 bits per heavy atom. The number of hydroxylamine groups is 1. The molecule has 2 aromatic rings. The SMILES string of the molecule is O=C(NO)C1Cc2nccnc2CN1S(=O)(=O)c1cccs1. The zero-order valence-corrected chi connectivity index (χ0v) is 12.8. The Morgan fingerprint density at radius 2 is 2.09 bits per heavy atom. The molecule has 0 bridgehead atoms. The van der Waals surface area contributed by atoms with Gasteiger partial charge in [-0.25, -0.2) is 13.9 Å². The summed E-state index contributed by atoms with van der Waals surface area (Å²) < 4.78 is 26.6. The summed E-state index contributed by atoms with van der Waals surface area (Å²) in [7, 11) is -3.85. The van der Waals surface area contributed by atoms with Crippen molar-refractivity contribution in [3.05, 3.63) is 41.3 Å². The predicted molar refractivity (Wildman–Crippen MR) is 76.5 cm³/mol. The molecule has 10 heteroatoms. The zero-order valence-electron chi connectivity index (χ0n) is 11.2. The first-order valence-electron chi connectivity index (χ1n) is 6.32. The molecule has 1 amide bonds. The number of amides is 1. The van der Waals surface area contributed by atoms with Gasteiger partial charge < -0.3 is 0 Å². The predicted octanol–water partition coefficient (Wildman–Crippen LogP) is 0.159. The van der Waals surface area contributed by atoms with E-state index in [0.717, 1.165) is 15.6 Å². The summed E-state index contributed by atoms with van der Waals surface area (Å²) in [5.74, 6) is -0.795. The molecular formula is C12H12N4O4S2. The average Bonchev–Trinajstić information content (AvgIpc) is 3.08. The van der Waals surface area contributed by atoms with Gasteiger partial charge >= 0.3 is 0 Å². The molecule has 0 saturated heterocycles. The minimum Gasteiger partial charge on any atom is -0.289 e. The Bertz CT molecular complexity index is 791. The summed E-state index contributed by atoms with van der Waals surface area (Å²) in [6.45, 7) is -0.0680. The molecule has 22 heavy (non-hydrogen) atoms. The molecule has 8 nitrogen and oxygen atoms in total. The van der Waals surface area contributed by atoms with Crippen LogP contribution in [0.2, 0.25) is 0 Å². The summed E-state index contributed by atoms with van der Waals surface area (Å²) in [5, 5.41) is 10.5. The lowest BCUT2D eigenvalue weighted by atomic mass is 10.0. The van der Waals surface area contributed by atoms with Crippen LogP contribution in [-0.4, -0.2) is 39.8 Å². The van der Waals surface area contributed by atoms with E-state index in [4.69, 9.17) is 5.21 Å². The van der Waals surface area contributed by atoms with Gasteiger partial charge in [0.2, 0.25) is 0 Å². The molecule has 1 atom stereocenters. The first-order chi connectivity index (χ1) is 10.5. The van der Waals surface area contributed by atoms with Crippen LogP contribution in [0.25, 0.3) is 0 Å². The van der Waals surface area contributed by atoms with Crippen molar-refractivity contribution in [2.45, 2.75) is 23.2 Å². The maximum absolute atomic E-state index is 12.7.